The van der Waals surface area contributed by atoms with Gasteiger partial charge < -0.3 is 14.4 Å². The predicted octanol–water partition coefficient (Wildman–Crippen LogP) is 4.23. The van der Waals surface area contributed by atoms with E-state index in [0.29, 0.717) is 0 Å². The zero-order valence-corrected chi connectivity index (χ0v) is 20.2. The average molecular weight is 475 g/mol. The number of halogens is 2. The fourth-order valence-electron chi connectivity index (χ4n) is 5.06. The smallest absolute Gasteiger partial charge is 0.270 e. The number of nitrogens with zero attached hydrogens (tertiary/aromatic N) is 4. The summed E-state index contributed by atoms with van der Waals surface area (Å²) in [6.07, 6.45) is 1.99. The molecule has 0 bridgehead atoms. The molecule has 0 radical (unpaired) electrons. The first kappa shape index (κ1) is 24.4. The van der Waals surface area contributed by atoms with E-state index in [9.17, 15) is 4.79 Å². The number of hydrogen-bond donors (Lipinski definition) is 0. The minimum atomic E-state index is 0. The van der Waals surface area contributed by atoms with Gasteiger partial charge in [0.1, 0.15) is 5.69 Å². The number of carbonyl (C=O) groups is 1. The molecule has 5 nitrogen and oxygen atoms in total. The lowest BCUT2D eigenvalue weighted by Crippen LogP contribution is -2.47. The van der Waals surface area contributed by atoms with Crippen LogP contribution in [0.1, 0.15) is 22.5 Å². The van der Waals surface area contributed by atoms with Crippen LogP contribution in [0.4, 0.5) is 5.69 Å². The molecular weight excluding hydrogens is 443 g/mol. The Morgan fingerprint density at radius 2 is 1.50 bits per heavy atom. The van der Waals surface area contributed by atoms with Crippen molar-refractivity contribution in [2.75, 3.05) is 50.7 Å². The molecule has 0 unspecified atom stereocenters. The van der Waals surface area contributed by atoms with Gasteiger partial charge in [0.2, 0.25) is 0 Å². The number of anilines is 1. The van der Waals surface area contributed by atoms with Crippen molar-refractivity contribution in [3.63, 3.8) is 0 Å². The summed E-state index contributed by atoms with van der Waals surface area (Å²) in [5.41, 5.74) is 4.60. The second kappa shape index (κ2) is 10.6. The van der Waals surface area contributed by atoms with Gasteiger partial charge >= 0.3 is 0 Å². The minimum absolute atomic E-state index is 0. The molecule has 3 aromatic rings. The molecule has 0 N–H and O–H groups in total. The lowest BCUT2D eigenvalue weighted by molar-refractivity contribution is 0.0721. The monoisotopic (exact) mass is 474 g/mol. The molecule has 5 rings (SSSR count). The summed E-state index contributed by atoms with van der Waals surface area (Å²) < 4.78 is 2.09. The molecule has 2 aromatic carbocycles. The van der Waals surface area contributed by atoms with Crippen molar-refractivity contribution in [2.24, 2.45) is 7.05 Å². The van der Waals surface area contributed by atoms with Gasteiger partial charge in [-0.3, -0.25) is 9.69 Å². The van der Waals surface area contributed by atoms with Crippen molar-refractivity contribution in [3.05, 3.63) is 65.9 Å². The SMILES string of the molecule is Cl.Cl.Cn1c2c(c3ccccc31)CCN(CCCN1CCN(c3ccccc3)CC1)C2=O. The summed E-state index contributed by atoms with van der Waals surface area (Å²) in [6, 6.07) is 19.1. The molecule has 0 atom stereocenters. The van der Waals surface area contributed by atoms with Gasteiger partial charge in [-0.05, 0) is 43.1 Å². The number of fused-ring (bicyclic) bond motifs is 3. The Morgan fingerprint density at radius 3 is 2.25 bits per heavy atom. The predicted molar refractivity (Wildman–Crippen MR) is 137 cm³/mol. The van der Waals surface area contributed by atoms with Crippen molar-refractivity contribution in [3.8, 4) is 0 Å². The third-order valence-corrected chi connectivity index (χ3v) is 6.73. The third kappa shape index (κ3) is 4.61. The van der Waals surface area contributed by atoms with E-state index >= 15 is 0 Å². The molecule has 0 aliphatic carbocycles. The highest BCUT2D eigenvalue weighted by Crippen LogP contribution is 2.30. The van der Waals surface area contributed by atoms with Gasteiger partial charge in [-0.15, -0.1) is 24.8 Å². The molecule has 0 saturated carbocycles. The second-order valence-electron chi connectivity index (χ2n) is 8.46. The van der Waals surface area contributed by atoms with E-state index in [1.54, 1.807) is 0 Å². The number of benzene rings is 2. The molecule has 0 spiro atoms. The van der Waals surface area contributed by atoms with Gasteiger partial charge in [-0.1, -0.05) is 36.4 Å². The van der Waals surface area contributed by atoms with Crippen LogP contribution in [0.3, 0.4) is 0 Å². The number of hydrogen-bond acceptors (Lipinski definition) is 3. The van der Waals surface area contributed by atoms with Crippen LogP contribution in [-0.2, 0) is 13.5 Å². The minimum Gasteiger partial charge on any atom is -0.369 e. The van der Waals surface area contributed by atoms with E-state index in [1.165, 1.54) is 16.6 Å². The van der Waals surface area contributed by atoms with Gasteiger partial charge in [0, 0.05) is 62.9 Å². The molecule has 172 valence electrons. The summed E-state index contributed by atoms with van der Waals surface area (Å²) in [7, 11) is 2.02. The Kier molecular flexibility index (Phi) is 8.10. The van der Waals surface area contributed by atoms with Crippen LogP contribution in [0, 0.1) is 0 Å². The highest BCUT2D eigenvalue weighted by Gasteiger charge is 2.29. The maximum atomic E-state index is 13.2. The maximum absolute atomic E-state index is 13.2. The Hall–Kier alpha value is -2.21. The van der Waals surface area contributed by atoms with E-state index in [4.69, 9.17) is 0 Å². The Bertz CT molecular complexity index is 1040. The van der Waals surface area contributed by atoms with E-state index < -0.39 is 0 Å². The molecular formula is C25H32Cl2N4O. The van der Waals surface area contributed by atoms with Gasteiger partial charge in [-0.2, -0.15) is 0 Å². The van der Waals surface area contributed by atoms with Crippen LogP contribution in [-0.4, -0.2) is 66.1 Å². The third-order valence-electron chi connectivity index (χ3n) is 6.73. The molecule has 2 aliphatic heterocycles. The second-order valence-corrected chi connectivity index (χ2v) is 8.46. The first-order valence-corrected chi connectivity index (χ1v) is 11.1. The molecule has 1 fully saturated rings. The normalized spacial score (nSPS) is 16.5. The van der Waals surface area contributed by atoms with Crippen LogP contribution < -0.4 is 4.90 Å². The van der Waals surface area contributed by atoms with Crippen LogP contribution in [0.2, 0.25) is 0 Å². The molecule has 7 heteroatoms. The number of piperazine rings is 1. The topological polar surface area (TPSA) is 31.7 Å². The van der Waals surface area contributed by atoms with Gasteiger partial charge in [0.15, 0.2) is 0 Å². The largest absolute Gasteiger partial charge is 0.369 e. The van der Waals surface area contributed by atoms with Gasteiger partial charge in [-0.25, -0.2) is 0 Å². The first-order valence-electron chi connectivity index (χ1n) is 11.1. The van der Waals surface area contributed by atoms with Crippen molar-refractivity contribution in [1.82, 2.24) is 14.4 Å². The van der Waals surface area contributed by atoms with E-state index in [2.05, 4.69) is 67.8 Å². The standard InChI is InChI=1S/C25H30N4O.2ClH/c1-26-23-11-6-5-10-21(23)22-12-15-29(25(30)24(22)26)14-7-13-27-16-18-28(19-17-27)20-8-3-2-4-9-20;;/h2-6,8-11H,7,12-19H2,1H3;2*1H. The molecule has 1 aromatic heterocycles. The molecule has 32 heavy (non-hydrogen) atoms. The van der Waals surface area contributed by atoms with Gasteiger partial charge in [0.25, 0.3) is 5.91 Å². The zero-order valence-electron chi connectivity index (χ0n) is 18.6. The number of aryl methyl sites for hydroxylation is 1. The number of rotatable bonds is 5. The van der Waals surface area contributed by atoms with Crippen molar-refractivity contribution in [1.29, 1.82) is 0 Å². The van der Waals surface area contributed by atoms with Crippen LogP contribution in [0.15, 0.2) is 54.6 Å². The quantitative estimate of drug-likeness (QED) is 0.554. The van der Waals surface area contributed by atoms with Crippen LogP contribution >= 0.6 is 24.8 Å². The van der Waals surface area contributed by atoms with E-state index in [1.807, 2.05) is 13.1 Å². The molecule has 1 amide bonds. The summed E-state index contributed by atoms with van der Waals surface area (Å²) in [6.45, 7) is 7.08. The Morgan fingerprint density at radius 1 is 0.812 bits per heavy atom. The maximum Gasteiger partial charge on any atom is 0.270 e. The number of carbonyl (C=O) groups excluding carboxylic acids is 1. The van der Waals surface area contributed by atoms with Crippen molar-refractivity contribution >= 4 is 47.3 Å². The van der Waals surface area contributed by atoms with E-state index in [-0.39, 0.29) is 30.7 Å². The lowest BCUT2D eigenvalue weighted by Gasteiger charge is -2.36. The Balaban J connectivity index is 0.00000144. The lowest BCUT2D eigenvalue weighted by atomic mass is 10.0. The van der Waals surface area contributed by atoms with Crippen LogP contribution in [0.5, 0.6) is 0 Å². The molecule has 3 heterocycles. The van der Waals surface area contributed by atoms with E-state index in [0.717, 1.165) is 69.9 Å². The summed E-state index contributed by atoms with van der Waals surface area (Å²) >= 11 is 0. The van der Waals surface area contributed by atoms with Crippen molar-refractivity contribution < 1.29 is 4.79 Å². The number of amides is 1. The van der Waals surface area contributed by atoms with Crippen LogP contribution in [0.25, 0.3) is 10.9 Å². The fraction of sp³-hybridized carbons (Fsp3) is 0.400. The highest BCUT2D eigenvalue weighted by molar-refractivity contribution is 6.02. The fourth-order valence-corrected chi connectivity index (χ4v) is 5.06. The molecule has 2 aliphatic rings. The highest BCUT2D eigenvalue weighted by atomic mass is 35.5. The first-order chi connectivity index (χ1) is 14.7. The number of para-hydroxylation sites is 2. The summed E-state index contributed by atoms with van der Waals surface area (Å²) in [5, 5.41) is 1.24. The average Bonchev–Trinajstić information content (AvgIpc) is 3.09. The molecule has 1 saturated heterocycles. The van der Waals surface area contributed by atoms with Crippen molar-refractivity contribution in [2.45, 2.75) is 12.8 Å². The summed E-state index contributed by atoms with van der Waals surface area (Å²) in [5.74, 6) is 0.198. The summed E-state index contributed by atoms with van der Waals surface area (Å²) in [4.78, 5) is 20.2. The number of aromatic nitrogens is 1. The van der Waals surface area contributed by atoms with Gasteiger partial charge in [0.05, 0.1) is 0 Å². The zero-order chi connectivity index (χ0) is 20.5. The Labute approximate surface area is 202 Å².